The van der Waals surface area contributed by atoms with E-state index in [4.69, 9.17) is 0 Å². The van der Waals surface area contributed by atoms with Crippen LogP contribution in [-0.2, 0) is 0 Å². The van der Waals surface area contributed by atoms with Crippen LogP contribution in [0.5, 0.6) is 0 Å². The molecule has 0 nitrogen and oxygen atoms in total. The molecule has 0 aromatic carbocycles. The average Bonchev–Trinajstić information content (AvgIpc) is 2.57. The van der Waals surface area contributed by atoms with Crippen LogP contribution in [0.2, 0.25) is 0 Å². The second-order valence-corrected chi connectivity index (χ2v) is 7.68. The van der Waals surface area contributed by atoms with Gasteiger partial charge in [-0.05, 0) is 5.92 Å². The first-order valence-electron chi connectivity index (χ1n) is 11.1. The van der Waals surface area contributed by atoms with Crippen LogP contribution in [0.4, 0.5) is 0 Å². The van der Waals surface area contributed by atoms with Crippen LogP contribution >= 0.6 is 0 Å². The molecule has 0 heteroatoms. The van der Waals surface area contributed by atoms with E-state index in [1.807, 2.05) is 0 Å². The first kappa shape index (κ1) is 23.0. The summed E-state index contributed by atoms with van der Waals surface area (Å²) in [6.45, 7) is 8.74. The summed E-state index contributed by atoms with van der Waals surface area (Å²) in [5, 5.41) is 0. The van der Waals surface area contributed by atoms with Crippen molar-refractivity contribution in [2.75, 3.05) is 0 Å². The van der Waals surface area contributed by atoms with Gasteiger partial charge in [-0.15, -0.1) is 0 Å². The average molecular weight is 324 g/mol. The molecule has 0 N–H and O–H groups in total. The van der Waals surface area contributed by atoms with Gasteiger partial charge in [-0.3, -0.25) is 0 Å². The van der Waals surface area contributed by atoms with E-state index in [1.54, 1.807) is 0 Å². The number of hydrogen-bond acceptors (Lipinski definition) is 0. The van der Waals surface area contributed by atoms with Gasteiger partial charge in [-0.2, -0.15) is 0 Å². The maximum atomic E-state index is 4.14. The van der Waals surface area contributed by atoms with Crippen molar-refractivity contribution in [3.05, 3.63) is 6.92 Å². The van der Waals surface area contributed by atoms with Crippen LogP contribution in [-0.4, -0.2) is 0 Å². The fourth-order valence-corrected chi connectivity index (χ4v) is 3.57. The molecule has 0 spiro atoms. The Kier molecular flexibility index (Phi) is 20.0. The molecule has 0 aliphatic carbocycles. The third-order valence-corrected chi connectivity index (χ3v) is 5.34. The lowest BCUT2D eigenvalue weighted by molar-refractivity contribution is 0.408. The maximum Gasteiger partial charge on any atom is -0.0414 e. The smallest absolute Gasteiger partial charge is 0.0414 e. The highest BCUT2D eigenvalue weighted by Crippen LogP contribution is 2.21. The molecule has 0 aromatic rings. The Morgan fingerprint density at radius 2 is 0.783 bits per heavy atom. The Labute approximate surface area is 149 Å². The number of rotatable bonds is 19. The van der Waals surface area contributed by atoms with E-state index < -0.39 is 0 Å². The predicted molar refractivity (Wildman–Crippen MR) is 108 cm³/mol. The summed E-state index contributed by atoms with van der Waals surface area (Å²) >= 11 is 0. The fraction of sp³-hybridized carbons (Fsp3) is 0.957. The Bertz CT molecular complexity index is 196. The van der Waals surface area contributed by atoms with Crippen LogP contribution in [0.15, 0.2) is 0 Å². The standard InChI is InChI=1S/C23H47/c1-4-7-9-10-11-12-13-14-15-16-17-18-20-22-23(6-3)21-19-8-5-2/h23H,3-22H2,1-2H3. The van der Waals surface area contributed by atoms with Gasteiger partial charge in [0.2, 0.25) is 0 Å². The predicted octanol–water partition coefficient (Wildman–Crippen LogP) is 8.89. The number of unbranched alkanes of at least 4 members (excludes halogenated alkanes) is 14. The molecule has 0 fully saturated rings. The molecule has 0 heterocycles. The zero-order valence-corrected chi connectivity index (χ0v) is 16.7. The largest absolute Gasteiger partial charge is 0.0654 e. The van der Waals surface area contributed by atoms with Gasteiger partial charge < -0.3 is 0 Å². The first-order valence-corrected chi connectivity index (χ1v) is 11.1. The molecule has 0 bridgehead atoms. The van der Waals surface area contributed by atoms with Crippen molar-refractivity contribution in [3.63, 3.8) is 0 Å². The number of hydrogen-bond donors (Lipinski definition) is 0. The summed E-state index contributed by atoms with van der Waals surface area (Å²) in [5.74, 6) is 0.911. The molecule has 0 aliphatic heterocycles. The fourth-order valence-electron chi connectivity index (χ4n) is 3.57. The van der Waals surface area contributed by atoms with Crippen molar-refractivity contribution in [1.29, 1.82) is 0 Å². The van der Waals surface area contributed by atoms with Crippen molar-refractivity contribution in [2.24, 2.45) is 5.92 Å². The Morgan fingerprint density at radius 1 is 0.478 bits per heavy atom. The van der Waals surface area contributed by atoms with Gasteiger partial charge in [-0.1, -0.05) is 143 Å². The van der Waals surface area contributed by atoms with Gasteiger partial charge in [-0.25, -0.2) is 0 Å². The van der Waals surface area contributed by atoms with Crippen molar-refractivity contribution in [2.45, 2.75) is 136 Å². The van der Waals surface area contributed by atoms with Crippen LogP contribution < -0.4 is 0 Å². The molecule has 0 aromatic heterocycles. The van der Waals surface area contributed by atoms with Gasteiger partial charge >= 0.3 is 0 Å². The van der Waals surface area contributed by atoms with Crippen molar-refractivity contribution < 1.29 is 0 Å². The lowest BCUT2D eigenvalue weighted by atomic mass is 9.92. The quantitative estimate of drug-likeness (QED) is 0.208. The molecule has 1 unspecified atom stereocenters. The Balaban J connectivity index is 3.17. The van der Waals surface area contributed by atoms with Gasteiger partial charge in [0, 0.05) is 0 Å². The van der Waals surface area contributed by atoms with Crippen molar-refractivity contribution in [1.82, 2.24) is 0 Å². The Morgan fingerprint density at radius 3 is 1.17 bits per heavy atom. The van der Waals surface area contributed by atoms with Gasteiger partial charge in [0.1, 0.15) is 0 Å². The second kappa shape index (κ2) is 20.0. The summed E-state index contributed by atoms with van der Waals surface area (Å²) in [6.07, 6.45) is 27.2. The van der Waals surface area contributed by atoms with E-state index in [2.05, 4.69) is 20.8 Å². The summed E-state index contributed by atoms with van der Waals surface area (Å²) in [4.78, 5) is 0. The normalized spacial score (nSPS) is 12.7. The minimum Gasteiger partial charge on any atom is -0.0654 e. The van der Waals surface area contributed by atoms with E-state index in [0.29, 0.717) is 0 Å². The van der Waals surface area contributed by atoms with Gasteiger partial charge in [0.15, 0.2) is 0 Å². The summed E-state index contributed by atoms with van der Waals surface area (Å²) in [6, 6.07) is 0. The molecular formula is C23H47. The van der Waals surface area contributed by atoms with E-state index in [1.165, 1.54) is 116 Å². The lowest BCUT2D eigenvalue weighted by Crippen LogP contribution is -1.99. The third-order valence-electron chi connectivity index (χ3n) is 5.34. The molecule has 0 saturated heterocycles. The van der Waals surface area contributed by atoms with Gasteiger partial charge in [0.25, 0.3) is 0 Å². The zero-order valence-electron chi connectivity index (χ0n) is 16.7. The molecule has 0 rings (SSSR count). The second-order valence-electron chi connectivity index (χ2n) is 7.68. The van der Waals surface area contributed by atoms with E-state index in [-0.39, 0.29) is 0 Å². The molecule has 1 radical (unpaired) electrons. The summed E-state index contributed by atoms with van der Waals surface area (Å²) < 4.78 is 0. The monoisotopic (exact) mass is 323 g/mol. The SMILES string of the molecule is [CH2]CC(CCCCC)CCCCCCCCCCCCCCC. The van der Waals surface area contributed by atoms with E-state index >= 15 is 0 Å². The zero-order chi connectivity index (χ0) is 17.0. The van der Waals surface area contributed by atoms with Gasteiger partial charge in [0.05, 0.1) is 0 Å². The van der Waals surface area contributed by atoms with E-state index in [0.717, 1.165) is 12.3 Å². The molecular weight excluding hydrogens is 276 g/mol. The van der Waals surface area contributed by atoms with Crippen molar-refractivity contribution in [3.8, 4) is 0 Å². The molecule has 0 aliphatic rings. The topological polar surface area (TPSA) is 0 Å². The molecule has 23 heavy (non-hydrogen) atoms. The van der Waals surface area contributed by atoms with Crippen LogP contribution in [0.1, 0.15) is 136 Å². The highest BCUT2D eigenvalue weighted by molar-refractivity contribution is 4.61. The highest BCUT2D eigenvalue weighted by atomic mass is 14.1. The van der Waals surface area contributed by atoms with Crippen LogP contribution in [0.25, 0.3) is 0 Å². The molecule has 0 saturated carbocycles. The maximum absolute atomic E-state index is 4.14. The Hall–Kier alpha value is 0. The first-order chi connectivity index (χ1) is 11.3. The minimum absolute atomic E-state index is 0.911. The highest BCUT2D eigenvalue weighted by Gasteiger charge is 2.05. The third kappa shape index (κ3) is 18.2. The van der Waals surface area contributed by atoms with Crippen LogP contribution in [0, 0.1) is 12.8 Å². The molecule has 139 valence electrons. The summed E-state index contributed by atoms with van der Waals surface area (Å²) in [7, 11) is 0. The summed E-state index contributed by atoms with van der Waals surface area (Å²) in [5.41, 5.74) is 0. The minimum atomic E-state index is 0.911. The van der Waals surface area contributed by atoms with Crippen LogP contribution in [0.3, 0.4) is 0 Å². The molecule has 1 atom stereocenters. The lowest BCUT2D eigenvalue weighted by Gasteiger charge is -2.14. The molecule has 0 amide bonds. The van der Waals surface area contributed by atoms with E-state index in [9.17, 15) is 0 Å². The van der Waals surface area contributed by atoms with Crippen molar-refractivity contribution >= 4 is 0 Å².